The first-order valence-corrected chi connectivity index (χ1v) is 8.35. The zero-order valence-corrected chi connectivity index (χ0v) is 15.6. The molecule has 0 aliphatic rings. The van der Waals surface area contributed by atoms with Gasteiger partial charge in [0.1, 0.15) is 5.82 Å². The van der Waals surface area contributed by atoms with Gasteiger partial charge in [0.25, 0.3) is 0 Å². The third-order valence-corrected chi connectivity index (χ3v) is 4.25. The predicted octanol–water partition coefficient (Wildman–Crippen LogP) is 3.62. The van der Waals surface area contributed by atoms with Gasteiger partial charge >= 0.3 is 6.03 Å². The van der Waals surface area contributed by atoms with E-state index in [0.717, 1.165) is 5.56 Å². The fourth-order valence-corrected chi connectivity index (χ4v) is 2.54. The summed E-state index contributed by atoms with van der Waals surface area (Å²) in [5, 5.41) is 5.50. The smallest absolute Gasteiger partial charge is 0.315 e. The summed E-state index contributed by atoms with van der Waals surface area (Å²) < 4.78 is 24.2. The molecule has 0 heterocycles. The molecule has 0 radical (unpaired) electrons. The van der Waals surface area contributed by atoms with E-state index < -0.39 is 0 Å². The van der Waals surface area contributed by atoms with E-state index in [1.165, 1.54) is 6.07 Å². The van der Waals surface area contributed by atoms with Crippen LogP contribution in [0.1, 0.15) is 25.0 Å². The average Bonchev–Trinajstić information content (AvgIpc) is 2.65. The maximum atomic E-state index is 13.6. The maximum Gasteiger partial charge on any atom is 0.315 e. The van der Waals surface area contributed by atoms with Gasteiger partial charge in [0.15, 0.2) is 11.5 Å². The molecule has 2 aromatic carbocycles. The van der Waals surface area contributed by atoms with Crippen LogP contribution in [0.4, 0.5) is 9.18 Å². The molecular formula is C20H25FN2O3. The minimum atomic E-state index is -0.346. The summed E-state index contributed by atoms with van der Waals surface area (Å²) in [5.74, 6) is 0.961. The number of benzene rings is 2. The van der Waals surface area contributed by atoms with E-state index in [9.17, 15) is 9.18 Å². The molecule has 2 N–H and O–H groups in total. The summed E-state index contributed by atoms with van der Waals surface area (Å²) in [6, 6.07) is 11.7. The van der Waals surface area contributed by atoms with Crippen molar-refractivity contribution >= 4 is 6.03 Å². The van der Waals surface area contributed by atoms with Crippen molar-refractivity contribution in [1.82, 2.24) is 10.6 Å². The van der Waals surface area contributed by atoms with Crippen molar-refractivity contribution < 1.29 is 18.7 Å². The normalized spacial score (nSPS) is 11.0. The summed E-state index contributed by atoms with van der Waals surface area (Å²) in [7, 11) is 3.17. The minimum absolute atomic E-state index is 0.134. The van der Waals surface area contributed by atoms with Crippen molar-refractivity contribution in [3.8, 4) is 11.5 Å². The molecule has 6 heteroatoms. The lowest BCUT2D eigenvalue weighted by atomic mass is 9.84. The Hall–Kier alpha value is -2.76. The van der Waals surface area contributed by atoms with E-state index in [1.807, 2.05) is 32.0 Å². The lowest BCUT2D eigenvalue weighted by Gasteiger charge is -2.26. The lowest BCUT2D eigenvalue weighted by Crippen LogP contribution is -2.42. The van der Waals surface area contributed by atoms with Crippen LogP contribution in [-0.4, -0.2) is 26.8 Å². The van der Waals surface area contributed by atoms with Crippen molar-refractivity contribution in [3.05, 3.63) is 59.4 Å². The highest BCUT2D eigenvalue weighted by Gasteiger charge is 2.23. The molecule has 0 fully saturated rings. The summed E-state index contributed by atoms with van der Waals surface area (Å²) in [6.07, 6.45) is 0. The van der Waals surface area contributed by atoms with Gasteiger partial charge in [-0.05, 0) is 23.8 Å². The number of rotatable bonds is 7. The van der Waals surface area contributed by atoms with Crippen LogP contribution in [0.2, 0.25) is 0 Å². The third-order valence-electron chi connectivity index (χ3n) is 4.25. The standard InChI is InChI=1S/C20H25FN2O3/c1-20(2,15-9-10-17(25-3)18(11-15)26-4)13-23-19(24)22-12-14-7-5-6-8-16(14)21/h5-11H,12-13H2,1-4H3,(H2,22,23,24). The van der Waals surface area contributed by atoms with Crippen molar-refractivity contribution in [2.75, 3.05) is 20.8 Å². The molecule has 2 aromatic rings. The van der Waals surface area contributed by atoms with E-state index in [1.54, 1.807) is 32.4 Å². The second-order valence-corrected chi connectivity index (χ2v) is 6.58. The first kappa shape index (κ1) is 19.6. The Balaban J connectivity index is 1.94. The Kier molecular flexibility index (Phi) is 6.44. The molecule has 5 nitrogen and oxygen atoms in total. The van der Waals surface area contributed by atoms with Crippen LogP contribution in [0.25, 0.3) is 0 Å². The van der Waals surface area contributed by atoms with Gasteiger partial charge in [0.2, 0.25) is 0 Å². The quantitative estimate of drug-likeness (QED) is 0.793. The van der Waals surface area contributed by atoms with Gasteiger partial charge in [0.05, 0.1) is 14.2 Å². The highest BCUT2D eigenvalue weighted by Crippen LogP contribution is 2.32. The molecule has 0 aliphatic carbocycles. The molecule has 26 heavy (non-hydrogen) atoms. The number of carbonyl (C=O) groups excluding carboxylic acids is 1. The molecule has 140 valence electrons. The van der Waals surface area contributed by atoms with Gasteiger partial charge in [-0.1, -0.05) is 38.1 Å². The molecule has 0 aliphatic heterocycles. The van der Waals surface area contributed by atoms with E-state index in [0.29, 0.717) is 23.6 Å². The molecule has 0 atom stereocenters. The number of methoxy groups -OCH3 is 2. The van der Waals surface area contributed by atoms with Gasteiger partial charge in [-0.2, -0.15) is 0 Å². The van der Waals surface area contributed by atoms with Crippen LogP contribution in [-0.2, 0) is 12.0 Å². The highest BCUT2D eigenvalue weighted by atomic mass is 19.1. The maximum absolute atomic E-state index is 13.6. The Morgan fingerprint density at radius 2 is 1.73 bits per heavy atom. The molecule has 0 saturated carbocycles. The van der Waals surface area contributed by atoms with Gasteiger partial charge in [0, 0.05) is 24.1 Å². The second kappa shape index (κ2) is 8.56. The highest BCUT2D eigenvalue weighted by molar-refractivity contribution is 5.74. The fraction of sp³-hybridized carbons (Fsp3) is 0.350. The molecule has 0 unspecified atom stereocenters. The molecule has 2 rings (SSSR count). The zero-order chi connectivity index (χ0) is 19.2. The summed E-state index contributed by atoms with van der Waals surface area (Å²) >= 11 is 0. The largest absolute Gasteiger partial charge is 0.493 e. The number of carbonyl (C=O) groups is 1. The van der Waals surface area contributed by atoms with Crippen LogP contribution >= 0.6 is 0 Å². The van der Waals surface area contributed by atoms with Gasteiger partial charge < -0.3 is 20.1 Å². The predicted molar refractivity (Wildman–Crippen MR) is 99.2 cm³/mol. The van der Waals surface area contributed by atoms with Crippen LogP contribution in [0, 0.1) is 5.82 Å². The average molecular weight is 360 g/mol. The van der Waals surface area contributed by atoms with E-state index >= 15 is 0 Å². The summed E-state index contributed by atoms with van der Waals surface area (Å²) in [4.78, 5) is 12.0. The second-order valence-electron chi connectivity index (χ2n) is 6.58. The van der Waals surface area contributed by atoms with E-state index in [-0.39, 0.29) is 23.8 Å². The monoisotopic (exact) mass is 360 g/mol. The van der Waals surface area contributed by atoms with Crippen LogP contribution in [0.3, 0.4) is 0 Å². The Labute approximate surface area is 153 Å². The number of urea groups is 1. The molecule has 0 bridgehead atoms. The van der Waals surface area contributed by atoms with Crippen molar-refractivity contribution in [3.63, 3.8) is 0 Å². The topological polar surface area (TPSA) is 59.6 Å². The fourth-order valence-electron chi connectivity index (χ4n) is 2.54. The lowest BCUT2D eigenvalue weighted by molar-refractivity contribution is 0.238. The Morgan fingerprint density at radius 1 is 1.04 bits per heavy atom. The SMILES string of the molecule is COc1ccc(C(C)(C)CNC(=O)NCc2ccccc2F)cc1OC. The van der Waals surface area contributed by atoms with Crippen molar-refractivity contribution in [2.24, 2.45) is 0 Å². The van der Waals surface area contributed by atoms with Crippen LogP contribution in [0.15, 0.2) is 42.5 Å². The molecule has 2 amide bonds. The summed E-state index contributed by atoms with van der Waals surface area (Å²) in [5.41, 5.74) is 1.13. The number of ether oxygens (including phenoxy) is 2. The first-order chi connectivity index (χ1) is 12.4. The number of hydrogen-bond donors (Lipinski definition) is 2. The number of nitrogens with one attached hydrogen (secondary N) is 2. The Morgan fingerprint density at radius 3 is 2.38 bits per heavy atom. The zero-order valence-electron chi connectivity index (χ0n) is 15.6. The number of amides is 2. The van der Waals surface area contributed by atoms with Crippen molar-refractivity contribution in [1.29, 1.82) is 0 Å². The summed E-state index contributed by atoms with van der Waals surface area (Å²) in [6.45, 7) is 4.58. The van der Waals surface area contributed by atoms with Gasteiger partial charge in [-0.3, -0.25) is 0 Å². The molecule has 0 saturated heterocycles. The van der Waals surface area contributed by atoms with E-state index in [4.69, 9.17) is 9.47 Å². The number of halogens is 1. The first-order valence-electron chi connectivity index (χ1n) is 8.35. The molecular weight excluding hydrogens is 335 g/mol. The van der Waals surface area contributed by atoms with Gasteiger partial charge in [-0.25, -0.2) is 9.18 Å². The Bertz CT molecular complexity index is 762. The third kappa shape index (κ3) is 4.88. The van der Waals surface area contributed by atoms with Gasteiger partial charge in [-0.15, -0.1) is 0 Å². The molecule has 0 aromatic heterocycles. The minimum Gasteiger partial charge on any atom is -0.493 e. The van der Waals surface area contributed by atoms with Crippen LogP contribution < -0.4 is 20.1 Å². The molecule has 0 spiro atoms. The van der Waals surface area contributed by atoms with E-state index in [2.05, 4.69) is 10.6 Å². The van der Waals surface area contributed by atoms with Crippen molar-refractivity contribution in [2.45, 2.75) is 25.8 Å². The number of hydrogen-bond acceptors (Lipinski definition) is 3. The van der Waals surface area contributed by atoms with Crippen LogP contribution in [0.5, 0.6) is 11.5 Å².